The maximum absolute atomic E-state index is 13.5. The first-order valence-corrected chi connectivity index (χ1v) is 6.40. The van der Waals surface area contributed by atoms with Crippen molar-refractivity contribution in [1.29, 1.82) is 0 Å². The van der Waals surface area contributed by atoms with Crippen molar-refractivity contribution in [2.24, 2.45) is 0 Å². The van der Waals surface area contributed by atoms with Crippen LogP contribution in [0.4, 0.5) is 14.5 Å². The van der Waals surface area contributed by atoms with Gasteiger partial charge in [-0.15, -0.1) is 0 Å². The van der Waals surface area contributed by atoms with Gasteiger partial charge >= 0.3 is 5.69 Å². The van der Waals surface area contributed by atoms with Crippen LogP contribution in [-0.4, -0.2) is 16.6 Å². The minimum atomic E-state index is -1.58. The molecule has 0 saturated heterocycles. The third kappa shape index (κ3) is 3.37. The molecule has 2 aromatic carbocycles. The maximum Gasteiger partial charge on any atom is 0.310 e. The monoisotopic (exact) mass is 309 g/mol. The van der Waals surface area contributed by atoms with Crippen LogP contribution in [0.25, 0.3) is 0 Å². The molecule has 0 aliphatic rings. The molecule has 0 aliphatic heterocycles. The van der Waals surface area contributed by atoms with Gasteiger partial charge in [0.15, 0.2) is 5.75 Å². The molecule has 116 valence electrons. The number of aliphatic hydroxyl groups is 1. The van der Waals surface area contributed by atoms with Crippen LogP contribution in [0.5, 0.6) is 5.75 Å². The van der Waals surface area contributed by atoms with Crippen molar-refractivity contribution in [3.63, 3.8) is 0 Å². The Labute approximate surface area is 124 Å². The highest BCUT2D eigenvalue weighted by molar-refractivity contribution is 5.48. The number of hydrogen-bond donors (Lipinski definition) is 1. The molecule has 0 saturated carbocycles. The second-order valence-corrected chi connectivity index (χ2v) is 4.69. The highest BCUT2D eigenvalue weighted by atomic mass is 19.1. The lowest BCUT2D eigenvalue weighted by atomic mass is 10.1. The van der Waals surface area contributed by atoms with E-state index in [-0.39, 0.29) is 11.4 Å². The van der Waals surface area contributed by atoms with Gasteiger partial charge in [0.05, 0.1) is 10.5 Å². The number of rotatable bonds is 5. The Morgan fingerprint density at radius 3 is 2.50 bits per heavy atom. The van der Waals surface area contributed by atoms with Crippen molar-refractivity contribution >= 4 is 5.69 Å². The summed E-state index contributed by atoms with van der Waals surface area (Å²) in [5.41, 5.74) is -0.100. The van der Waals surface area contributed by atoms with E-state index in [1.54, 1.807) is 6.92 Å². The second kappa shape index (κ2) is 6.48. The van der Waals surface area contributed by atoms with E-state index in [9.17, 15) is 24.0 Å². The number of aryl methyl sites for hydroxylation is 1. The van der Waals surface area contributed by atoms with E-state index in [0.717, 1.165) is 12.1 Å². The Morgan fingerprint density at radius 2 is 1.91 bits per heavy atom. The van der Waals surface area contributed by atoms with E-state index in [4.69, 9.17) is 4.74 Å². The first-order valence-electron chi connectivity index (χ1n) is 6.40. The molecule has 1 atom stereocenters. The number of nitro benzene ring substituents is 1. The lowest BCUT2D eigenvalue weighted by molar-refractivity contribution is -0.385. The van der Waals surface area contributed by atoms with Crippen LogP contribution < -0.4 is 4.74 Å². The molecule has 2 aromatic rings. The minimum absolute atomic E-state index is 0.0687. The normalized spacial score (nSPS) is 12.0. The lowest BCUT2D eigenvalue weighted by Gasteiger charge is -2.14. The average molecular weight is 309 g/mol. The number of aliphatic hydroxyl groups excluding tert-OH is 1. The molecule has 0 radical (unpaired) electrons. The molecular formula is C15H13F2NO4. The smallest absolute Gasteiger partial charge is 0.310 e. The van der Waals surface area contributed by atoms with Gasteiger partial charge in [-0.05, 0) is 30.7 Å². The molecule has 1 unspecified atom stereocenters. The zero-order valence-corrected chi connectivity index (χ0v) is 11.6. The predicted octanol–water partition coefficient (Wildman–Crippen LogP) is 3.29. The summed E-state index contributed by atoms with van der Waals surface area (Å²) in [5, 5.41) is 20.8. The van der Waals surface area contributed by atoms with E-state index in [1.807, 2.05) is 0 Å². The molecule has 0 aliphatic carbocycles. The molecule has 2 rings (SSSR count). The van der Waals surface area contributed by atoms with Gasteiger partial charge in [-0.3, -0.25) is 10.1 Å². The van der Waals surface area contributed by atoms with E-state index >= 15 is 0 Å². The summed E-state index contributed by atoms with van der Waals surface area (Å²) >= 11 is 0. The predicted molar refractivity (Wildman–Crippen MR) is 74.6 cm³/mol. The van der Waals surface area contributed by atoms with E-state index < -0.39 is 34.8 Å². The Morgan fingerprint density at radius 1 is 1.27 bits per heavy atom. The molecule has 5 nitrogen and oxygen atoms in total. The number of nitrogens with zero attached hydrogens (tertiary/aromatic N) is 1. The minimum Gasteiger partial charge on any atom is -0.484 e. The fraction of sp³-hybridized carbons (Fsp3) is 0.200. The standard InChI is InChI=1S/C15H13F2NO4/c1-9-5-6-12(18(20)21)14(7-9)22-8-13(19)15-10(16)3-2-4-11(15)17/h2-7,13,19H,8H2,1H3. The van der Waals surface area contributed by atoms with E-state index in [2.05, 4.69) is 0 Å². The number of benzene rings is 2. The topological polar surface area (TPSA) is 72.6 Å². The molecule has 0 spiro atoms. The van der Waals surface area contributed by atoms with Gasteiger partial charge in [-0.1, -0.05) is 12.1 Å². The number of nitro groups is 1. The van der Waals surface area contributed by atoms with Crippen molar-refractivity contribution in [3.05, 3.63) is 69.3 Å². The lowest BCUT2D eigenvalue weighted by Crippen LogP contribution is -2.13. The molecule has 0 fully saturated rings. The number of halogens is 2. The molecule has 1 N–H and O–H groups in total. The SMILES string of the molecule is Cc1ccc([N+](=O)[O-])c(OCC(O)c2c(F)cccc2F)c1. The maximum atomic E-state index is 13.5. The molecule has 0 bridgehead atoms. The Balaban J connectivity index is 2.20. The molecule has 0 aromatic heterocycles. The van der Waals surface area contributed by atoms with Gasteiger partial charge in [0, 0.05) is 6.07 Å². The van der Waals surface area contributed by atoms with Crippen LogP contribution in [0, 0.1) is 28.7 Å². The number of ether oxygens (including phenoxy) is 1. The van der Waals surface area contributed by atoms with Crippen LogP contribution in [0.2, 0.25) is 0 Å². The second-order valence-electron chi connectivity index (χ2n) is 4.69. The third-order valence-corrected chi connectivity index (χ3v) is 3.04. The summed E-state index contributed by atoms with van der Waals surface area (Å²) in [6, 6.07) is 7.42. The van der Waals surface area contributed by atoms with Crippen LogP contribution in [0.3, 0.4) is 0 Å². The Kier molecular flexibility index (Phi) is 4.67. The van der Waals surface area contributed by atoms with Crippen LogP contribution in [0.15, 0.2) is 36.4 Å². The highest BCUT2D eigenvalue weighted by Gasteiger charge is 2.21. The molecule has 0 heterocycles. The van der Waals surface area contributed by atoms with Crippen LogP contribution in [0.1, 0.15) is 17.2 Å². The molecule has 22 heavy (non-hydrogen) atoms. The summed E-state index contributed by atoms with van der Waals surface area (Å²) in [6.07, 6.45) is -1.58. The van der Waals surface area contributed by atoms with Crippen molar-refractivity contribution in [2.75, 3.05) is 6.61 Å². The highest BCUT2D eigenvalue weighted by Crippen LogP contribution is 2.29. The summed E-state index contributed by atoms with van der Waals surface area (Å²) < 4.78 is 32.2. The van der Waals surface area contributed by atoms with Gasteiger partial charge in [-0.25, -0.2) is 8.78 Å². The molecule has 0 amide bonds. The largest absolute Gasteiger partial charge is 0.484 e. The van der Waals surface area contributed by atoms with Gasteiger partial charge in [0.2, 0.25) is 0 Å². The van der Waals surface area contributed by atoms with Gasteiger partial charge in [0.1, 0.15) is 24.3 Å². The van der Waals surface area contributed by atoms with Gasteiger partial charge in [0.25, 0.3) is 0 Å². The van der Waals surface area contributed by atoms with Crippen molar-refractivity contribution < 1.29 is 23.5 Å². The van der Waals surface area contributed by atoms with E-state index in [0.29, 0.717) is 5.56 Å². The van der Waals surface area contributed by atoms with Crippen LogP contribution in [-0.2, 0) is 0 Å². The van der Waals surface area contributed by atoms with Crippen molar-refractivity contribution in [2.45, 2.75) is 13.0 Å². The summed E-state index contributed by atoms with van der Waals surface area (Å²) in [5.74, 6) is -1.88. The first kappa shape index (κ1) is 15.8. The summed E-state index contributed by atoms with van der Waals surface area (Å²) in [6.45, 7) is 1.20. The first-order chi connectivity index (χ1) is 10.4. The van der Waals surface area contributed by atoms with Crippen molar-refractivity contribution in [3.8, 4) is 5.75 Å². The zero-order chi connectivity index (χ0) is 16.3. The summed E-state index contributed by atoms with van der Waals surface area (Å²) in [7, 11) is 0. The fourth-order valence-electron chi connectivity index (χ4n) is 1.97. The fourth-order valence-corrected chi connectivity index (χ4v) is 1.97. The van der Waals surface area contributed by atoms with Gasteiger partial charge in [-0.2, -0.15) is 0 Å². The third-order valence-electron chi connectivity index (χ3n) is 3.04. The average Bonchev–Trinajstić information content (AvgIpc) is 2.44. The van der Waals surface area contributed by atoms with Crippen LogP contribution >= 0.6 is 0 Å². The van der Waals surface area contributed by atoms with Crippen molar-refractivity contribution in [1.82, 2.24) is 0 Å². The molecular weight excluding hydrogens is 296 g/mol. The van der Waals surface area contributed by atoms with E-state index in [1.165, 1.54) is 24.3 Å². The number of hydrogen-bond acceptors (Lipinski definition) is 4. The Hall–Kier alpha value is -2.54. The zero-order valence-electron chi connectivity index (χ0n) is 11.6. The quantitative estimate of drug-likeness (QED) is 0.679. The molecule has 7 heteroatoms. The Bertz CT molecular complexity index is 686. The van der Waals surface area contributed by atoms with Gasteiger partial charge < -0.3 is 9.84 Å². The summed E-state index contributed by atoms with van der Waals surface area (Å²) in [4.78, 5) is 10.3.